The van der Waals surface area contributed by atoms with E-state index < -0.39 is 29.6 Å². The van der Waals surface area contributed by atoms with Gasteiger partial charge in [-0.05, 0) is 27.7 Å². The third-order valence-electron chi connectivity index (χ3n) is 1.65. The highest BCUT2D eigenvalue weighted by molar-refractivity contribution is 5.94. The second-order valence-electron chi connectivity index (χ2n) is 4.29. The maximum Gasteiger partial charge on any atom is 0.324 e. The minimum absolute atomic E-state index is 0.749. The molecule has 0 saturated heterocycles. The van der Waals surface area contributed by atoms with Crippen LogP contribution < -0.4 is 0 Å². The molecule has 0 aromatic rings. The van der Waals surface area contributed by atoms with E-state index in [2.05, 4.69) is 4.74 Å². The van der Waals surface area contributed by atoms with Crippen LogP contribution in [0.3, 0.4) is 0 Å². The van der Waals surface area contributed by atoms with E-state index in [1.807, 2.05) is 6.11 Å². The number of carboxylic acids is 1. The lowest BCUT2D eigenvalue weighted by atomic mass is 10.0. The normalized spacial score (nSPS) is 14.4. The Morgan fingerprint density at radius 3 is 2.19 bits per heavy atom. The highest BCUT2D eigenvalue weighted by Gasteiger charge is 2.37. The molecular formula is C11H16O5. The lowest BCUT2D eigenvalue weighted by Gasteiger charge is -2.24. The van der Waals surface area contributed by atoms with Crippen LogP contribution in [0.5, 0.6) is 0 Å². The first-order valence-corrected chi connectivity index (χ1v) is 4.76. The molecule has 0 aliphatic rings. The first kappa shape index (κ1) is 14.3. The summed E-state index contributed by atoms with van der Waals surface area (Å²) in [6.07, 6.45) is 5.79. The molecular weight excluding hydrogens is 212 g/mol. The van der Waals surface area contributed by atoms with Crippen molar-refractivity contribution >= 4 is 11.9 Å². The summed E-state index contributed by atoms with van der Waals surface area (Å²) in [7, 11) is 0. The first-order chi connectivity index (χ1) is 7.19. The average Bonchev–Trinajstić information content (AvgIpc) is 1.99. The monoisotopic (exact) mass is 228 g/mol. The van der Waals surface area contributed by atoms with Crippen molar-refractivity contribution in [2.45, 2.75) is 39.4 Å². The van der Waals surface area contributed by atoms with Crippen LogP contribution in [-0.4, -0.2) is 28.8 Å². The van der Waals surface area contributed by atoms with Crippen LogP contribution in [0.1, 0.15) is 27.7 Å². The van der Waals surface area contributed by atoms with Crippen molar-refractivity contribution in [3.05, 3.63) is 0 Å². The number of rotatable bonds is 4. The van der Waals surface area contributed by atoms with Gasteiger partial charge in [-0.15, -0.1) is 0 Å². The molecule has 2 atom stereocenters. The average molecular weight is 228 g/mol. The van der Waals surface area contributed by atoms with Gasteiger partial charge in [-0.2, -0.15) is 0 Å². The molecule has 0 spiro atoms. The van der Waals surface area contributed by atoms with Gasteiger partial charge < -0.3 is 14.6 Å². The number of carbonyl (C=O) groups excluding carboxylic acids is 1. The van der Waals surface area contributed by atoms with Crippen LogP contribution in [0.25, 0.3) is 0 Å². The van der Waals surface area contributed by atoms with Gasteiger partial charge in [0.15, 0.2) is 5.92 Å². The van der Waals surface area contributed by atoms with E-state index in [0.717, 1.165) is 0 Å². The molecule has 5 heteroatoms. The van der Waals surface area contributed by atoms with Crippen LogP contribution in [0.15, 0.2) is 0 Å². The summed E-state index contributed by atoms with van der Waals surface area (Å²) >= 11 is 0. The summed E-state index contributed by atoms with van der Waals surface area (Å²) in [6, 6.07) is 0. The number of aliphatic carboxylic acids is 1. The lowest BCUT2D eigenvalue weighted by molar-refractivity contribution is -0.171. The zero-order chi connectivity index (χ0) is 12.9. The first-order valence-electron chi connectivity index (χ1n) is 4.76. The molecule has 0 aromatic heterocycles. The van der Waals surface area contributed by atoms with Crippen LogP contribution in [0, 0.1) is 18.4 Å². The molecule has 90 valence electrons. The maximum atomic E-state index is 11.6. The predicted octanol–water partition coefficient (Wildman–Crippen LogP) is 1.02. The Labute approximate surface area is 94.7 Å². The quantitative estimate of drug-likeness (QED) is 0.442. The minimum atomic E-state index is -1.42. The number of carboxylic acid groups (broad SMARTS) is 1. The van der Waals surface area contributed by atoms with Gasteiger partial charge in [-0.25, -0.2) is 0 Å². The number of esters is 1. The van der Waals surface area contributed by atoms with E-state index in [1.54, 1.807) is 20.8 Å². The summed E-state index contributed by atoms with van der Waals surface area (Å²) in [5, 5.41) is 8.89. The van der Waals surface area contributed by atoms with Crippen LogP contribution in [-0.2, 0) is 19.1 Å². The Morgan fingerprint density at radius 1 is 1.38 bits per heavy atom. The Balaban J connectivity index is 4.75. The van der Waals surface area contributed by atoms with Gasteiger partial charge in [0.1, 0.15) is 17.8 Å². The molecule has 0 fully saturated rings. The molecule has 0 saturated carbocycles. The van der Waals surface area contributed by atoms with Gasteiger partial charge in [-0.1, -0.05) is 6.42 Å². The Hall–Kier alpha value is -1.70. The van der Waals surface area contributed by atoms with Crippen molar-refractivity contribution in [2.75, 3.05) is 0 Å². The van der Waals surface area contributed by atoms with E-state index in [9.17, 15) is 9.59 Å². The second-order valence-corrected chi connectivity index (χ2v) is 4.29. The van der Waals surface area contributed by atoms with Crippen molar-refractivity contribution < 1.29 is 24.2 Å². The molecule has 0 aliphatic carbocycles. The molecule has 1 N–H and O–H groups in total. The second kappa shape index (κ2) is 5.40. The molecule has 0 rings (SSSR count). The molecule has 0 heterocycles. The van der Waals surface area contributed by atoms with Crippen molar-refractivity contribution in [1.29, 1.82) is 0 Å². The van der Waals surface area contributed by atoms with Crippen LogP contribution in [0.4, 0.5) is 0 Å². The molecule has 0 aliphatic heterocycles. The molecule has 16 heavy (non-hydrogen) atoms. The van der Waals surface area contributed by atoms with Crippen molar-refractivity contribution in [1.82, 2.24) is 0 Å². The topological polar surface area (TPSA) is 72.8 Å². The van der Waals surface area contributed by atoms with Gasteiger partial charge in [0.05, 0.1) is 0 Å². The fourth-order valence-corrected chi connectivity index (χ4v) is 1.03. The Bertz CT molecular complexity index is 307. The lowest BCUT2D eigenvalue weighted by Crippen LogP contribution is -2.39. The smallest absolute Gasteiger partial charge is 0.324 e. The summed E-state index contributed by atoms with van der Waals surface area (Å²) in [5.41, 5.74) is -0.749. The highest BCUT2D eigenvalue weighted by Crippen LogP contribution is 2.16. The molecule has 0 radical (unpaired) electrons. The third kappa shape index (κ3) is 4.69. The molecule has 5 nitrogen and oxygen atoms in total. The summed E-state index contributed by atoms with van der Waals surface area (Å²) in [6.45, 7) is 6.35. The van der Waals surface area contributed by atoms with Gasteiger partial charge in [0, 0.05) is 0 Å². The summed E-state index contributed by atoms with van der Waals surface area (Å²) in [4.78, 5) is 22.5. The number of terminal acetylenes is 1. The highest BCUT2D eigenvalue weighted by atomic mass is 16.6. The standard InChI is InChI=1S/C11H16O5/c1-6-15-7(2)8(9(12)13)10(14)16-11(3,4)5/h1,7-8H,2-5H3,(H,12,13). The number of ether oxygens (including phenoxy) is 2. The summed E-state index contributed by atoms with van der Waals surface area (Å²) < 4.78 is 9.61. The van der Waals surface area contributed by atoms with Crippen LogP contribution >= 0.6 is 0 Å². The van der Waals surface area contributed by atoms with E-state index in [4.69, 9.17) is 16.3 Å². The molecule has 2 unspecified atom stereocenters. The van der Waals surface area contributed by atoms with E-state index >= 15 is 0 Å². The van der Waals surface area contributed by atoms with Crippen LogP contribution in [0.2, 0.25) is 0 Å². The van der Waals surface area contributed by atoms with Gasteiger partial charge in [-0.3, -0.25) is 9.59 Å². The molecule has 0 aromatic carbocycles. The fraction of sp³-hybridized carbons (Fsp3) is 0.636. The number of hydrogen-bond donors (Lipinski definition) is 1. The van der Waals surface area contributed by atoms with E-state index in [1.165, 1.54) is 6.92 Å². The van der Waals surface area contributed by atoms with E-state index in [0.29, 0.717) is 0 Å². The van der Waals surface area contributed by atoms with Crippen molar-refractivity contribution in [3.63, 3.8) is 0 Å². The maximum absolute atomic E-state index is 11.6. The van der Waals surface area contributed by atoms with Crippen molar-refractivity contribution in [2.24, 2.45) is 5.92 Å². The van der Waals surface area contributed by atoms with Crippen molar-refractivity contribution in [3.8, 4) is 12.5 Å². The van der Waals surface area contributed by atoms with Gasteiger partial charge in [0.2, 0.25) is 0 Å². The summed E-state index contributed by atoms with van der Waals surface area (Å²) in [5.74, 6) is -3.60. The Morgan fingerprint density at radius 2 is 1.88 bits per heavy atom. The largest absolute Gasteiger partial charge is 0.480 e. The third-order valence-corrected chi connectivity index (χ3v) is 1.65. The molecule has 0 amide bonds. The zero-order valence-electron chi connectivity index (χ0n) is 9.81. The predicted molar refractivity (Wildman–Crippen MR) is 56.4 cm³/mol. The van der Waals surface area contributed by atoms with Gasteiger partial charge in [0.25, 0.3) is 0 Å². The van der Waals surface area contributed by atoms with Gasteiger partial charge >= 0.3 is 11.9 Å². The number of carbonyl (C=O) groups is 2. The fourth-order valence-electron chi connectivity index (χ4n) is 1.03. The molecule has 0 bridgehead atoms. The minimum Gasteiger partial charge on any atom is -0.480 e. The SMILES string of the molecule is C#COC(C)C(C(=O)O)C(=O)OC(C)(C)C. The zero-order valence-corrected chi connectivity index (χ0v) is 9.81. The number of hydrogen-bond acceptors (Lipinski definition) is 4. The Kier molecular flexibility index (Phi) is 4.83. The van der Waals surface area contributed by atoms with E-state index in [-0.39, 0.29) is 0 Å².